The van der Waals surface area contributed by atoms with Crippen LogP contribution in [0.4, 0.5) is 0 Å². The summed E-state index contributed by atoms with van der Waals surface area (Å²) in [7, 11) is 0. The molecule has 2 aromatic rings. The zero-order valence-corrected chi connectivity index (χ0v) is 12.4. The highest BCUT2D eigenvalue weighted by atomic mass is 35.5. The monoisotopic (exact) mass is 306 g/mol. The van der Waals surface area contributed by atoms with E-state index in [0.29, 0.717) is 20.5 Å². The van der Waals surface area contributed by atoms with E-state index in [2.05, 4.69) is 0 Å². The van der Waals surface area contributed by atoms with Crippen molar-refractivity contribution in [1.29, 1.82) is 0 Å². The lowest BCUT2D eigenvalue weighted by Crippen LogP contribution is -2.08. The van der Waals surface area contributed by atoms with Crippen molar-refractivity contribution in [3.05, 3.63) is 70.7 Å². The van der Waals surface area contributed by atoms with Crippen molar-refractivity contribution < 1.29 is 4.79 Å². The molecule has 0 N–H and O–H groups in total. The zero-order valence-electron chi connectivity index (χ0n) is 10.0. The third-order valence-corrected chi connectivity index (χ3v) is 4.22. The number of halogens is 1. The van der Waals surface area contributed by atoms with Crippen LogP contribution < -0.4 is 0 Å². The van der Waals surface area contributed by atoms with Crippen LogP contribution in [-0.4, -0.2) is 9.98 Å². The first kappa shape index (κ1) is 14.3. The van der Waals surface area contributed by atoms with Crippen LogP contribution in [0.3, 0.4) is 0 Å². The molecule has 19 heavy (non-hydrogen) atoms. The highest BCUT2D eigenvalue weighted by Gasteiger charge is 2.12. The minimum absolute atomic E-state index is 0.118. The standard InChI is InChI=1S/C15H11ClOS2/c16-13-8-6-12(7-9-13)14(17)15(18)19-10-11-4-2-1-3-5-11/h1-9H,10H2. The predicted molar refractivity (Wildman–Crippen MR) is 86.1 cm³/mol. The molecule has 0 saturated heterocycles. The van der Waals surface area contributed by atoms with Gasteiger partial charge >= 0.3 is 0 Å². The number of carbonyl (C=O) groups is 1. The number of thioether (sulfide) groups is 1. The summed E-state index contributed by atoms with van der Waals surface area (Å²) in [6, 6.07) is 16.7. The first-order valence-electron chi connectivity index (χ1n) is 5.68. The minimum Gasteiger partial charge on any atom is -0.287 e. The molecule has 0 bridgehead atoms. The second kappa shape index (κ2) is 6.85. The van der Waals surface area contributed by atoms with Crippen LogP contribution in [0.2, 0.25) is 5.02 Å². The molecule has 0 fully saturated rings. The van der Waals surface area contributed by atoms with Gasteiger partial charge in [-0.1, -0.05) is 54.2 Å². The Morgan fingerprint density at radius 1 is 1.05 bits per heavy atom. The Labute approximate surface area is 127 Å². The van der Waals surface area contributed by atoms with Crippen LogP contribution in [-0.2, 0) is 5.75 Å². The predicted octanol–water partition coefficient (Wildman–Crippen LogP) is 4.78. The third-order valence-electron chi connectivity index (χ3n) is 2.50. The number of benzene rings is 2. The van der Waals surface area contributed by atoms with E-state index in [9.17, 15) is 4.79 Å². The van der Waals surface area contributed by atoms with Crippen LogP contribution in [0.1, 0.15) is 15.9 Å². The van der Waals surface area contributed by atoms with Crippen molar-refractivity contribution in [2.45, 2.75) is 5.75 Å². The molecule has 1 nitrogen and oxygen atoms in total. The fourth-order valence-electron chi connectivity index (χ4n) is 1.51. The SMILES string of the molecule is O=C(C(=S)SCc1ccccc1)c1ccc(Cl)cc1. The topological polar surface area (TPSA) is 17.1 Å². The van der Waals surface area contributed by atoms with Crippen molar-refractivity contribution in [2.75, 3.05) is 0 Å². The number of hydrogen-bond acceptors (Lipinski definition) is 3. The summed E-state index contributed by atoms with van der Waals surface area (Å²) in [6.45, 7) is 0. The Morgan fingerprint density at radius 2 is 1.68 bits per heavy atom. The molecule has 0 aliphatic carbocycles. The zero-order chi connectivity index (χ0) is 13.7. The molecule has 0 aliphatic rings. The van der Waals surface area contributed by atoms with Crippen LogP contribution in [0, 0.1) is 0 Å². The van der Waals surface area contributed by atoms with E-state index in [1.54, 1.807) is 24.3 Å². The third kappa shape index (κ3) is 4.16. The number of thiocarbonyl (C=S) groups is 1. The van der Waals surface area contributed by atoms with Crippen molar-refractivity contribution in [3.8, 4) is 0 Å². The van der Waals surface area contributed by atoms with Gasteiger partial charge in [0.1, 0.15) is 4.20 Å². The maximum Gasteiger partial charge on any atom is 0.210 e. The average Bonchev–Trinajstić information content (AvgIpc) is 2.46. The summed E-state index contributed by atoms with van der Waals surface area (Å²) in [4.78, 5) is 12.1. The van der Waals surface area contributed by atoms with E-state index in [4.69, 9.17) is 23.8 Å². The smallest absolute Gasteiger partial charge is 0.210 e. The Hall–Kier alpha value is -1.16. The van der Waals surface area contributed by atoms with E-state index < -0.39 is 0 Å². The molecule has 0 atom stereocenters. The highest BCUT2D eigenvalue weighted by Crippen LogP contribution is 2.18. The molecule has 0 saturated carbocycles. The molecule has 4 heteroatoms. The highest BCUT2D eigenvalue weighted by molar-refractivity contribution is 8.24. The molecule has 0 amide bonds. The lowest BCUT2D eigenvalue weighted by molar-refractivity contribution is 0.107. The fourth-order valence-corrected chi connectivity index (χ4v) is 2.67. The van der Waals surface area contributed by atoms with E-state index in [-0.39, 0.29) is 5.78 Å². The molecule has 0 radical (unpaired) electrons. The van der Waals surface area contributed by atoms with E-state index in [0.717, 1.165) is 5.56 Å². The average molecular weight is 307 g/mol. The molecule has 2 aromatic carbocycles. The number of carbonyl (C=O) groups excluding carboxylic acids is 1. The number of hydrogen-bond donors (Lipinski definition) is 0. The molecule has 0 heterocycles. The number of ketones is 1. The van der Waals surface area contributed by atoms with Gasteiger partial charge in [0.25, 0.3) is 0 Å². The van der Waals surface area contributed by atoms with Gasteiger partial charge in [0.2, 0.25) is 5.78 Å². The summed E-state index contributed by atoms with van der Waals surface area (Å²) < 4.78 is 0.381. The Morgan fingerprint density at radius 3 is 2.32 bits per heavy atom. The summed E-state index contributed by atoms with van der Waals surface area (Å²) in [5, 5.41) is 0.611. The lowest BCUT2D eigenvalue weighted by atomic mass is 10.1. The molecule has 0 aliphatic heterocycles. The van der Waals surface area contributed by atoms with Crippen LogP contribution in [0.5, 0.6) is 0 Å². The molecule has 0 spiro atoms. The van der Waals surface area contributed by atoms with Crippen molar-refractivity contribution >= 4 is 45.6 Å². The van der Waals surface area contributed by atoms with Crippen LogP contribution in [0.15, 0.2) is 54.6 Å². The maximum atomic E-state index is 12.1. The Balaban J connectivity index is 1.96. The summed E-state index contributed by atoms with van der Waals surface area (Å²) in [5.41, 5.74) is 1.73. The van der Waals surface area contributed by atoms with Gasteiger partial charge in [-0.05, 0) is 29.8 Å². The first-order valence-corrected chi connectivity index (χ1v) is 7.45. The lowest BCUT2D eigenvalue weighted by Gasteiger charge is -2.03. The van der Waals surface area contributed by atoms with Gasteiger partial charge in [-0.3, -0.25) is 4.79 Å². The van der Waals surface area contributed by atoms with Crippen LogP contribution in [0.25, 0.3) is 0 Å². The number of Topliss-reactive ketones (excluding diaryl/α,β-unsaturated/α-hetero) is 1. The van der Waals surface area contributed by atoms with Gasteiger partial charge in [0, 0.05) is 16.3 Å². The van der Waals surface area contributed by atoms with Crippen molar-refractivity contribution in [2.24, 2.45) is 0 Å². The number of rotatable bonds is 4. The first-order chi connectivity index (χ1) is 9.16. The van der Waals surface area contributed by atoms with Gasteiger partial charge in [-0.25, -0.2) is 0 Å². The second-order valence-corrected chi connectivity index (χ2v) is 5.99. The van der Waals surface area contributed by atoms with Crippen LogP contribution >= 0.6 is 35.6 Å². The normalized spacial score (nSPS) is 10.2. The molecular formula is C15H11ClOS2. The molecule has 2 rings (SSSR count). The van der Waals surface area contributed by atoms with E-state index >= 15 is 0 Å². The van der Waals surface area contributed by atoms with E-state index in [1.165, 1.54) is 11.8 Å². The molecule has 0 unspecified atom stereocenters. The Bertz CT molecular complexity index is 579. The summed E-state index contributed by atoms with van der Waals surface area (Å²) in [6.07, 6.45) is 0. The van der Waals surface area contributed by atoms with Gasteiger partial charge in [0.15, 0.2) is 0 Å². The molecule has 0 aromatic heterocycles. The van der Waals surface area contributed by atoms with Gasteiger partial charge in [-0.15, -0.1) is 11.8 Å². The minimum atomic E-state index is -0.118. The van der Waals surface area contributed by atoms with Gasteiger partial charge in [-0.2, -0.15) is 0 Å². The summed E-state index contributed by atoms with van der Waals surface area (Å²) >= 11 is 12.3. The quantitative estimate of drug-likeness (QED) is 0.597. The van der Waals surface area contributed by atoms with Gasteiger partial charge < -0.3 is 0 Å². The second-order valence-electron chi connectivity index (χ2n) is 3.90. The van der Waals surface area contributed by atoms with Crippen molar-refractivity contribution in [1.82, 2.24) is 0 Å². The molecular weight excluding hydrogens is 296 g/mol. The largest absolute Gasteiger partial charge is 0.287 e. The fraction of sp³-hybridized carbons (Fsp3) is 0.0667. The Kier molecular flexibility index (Phi) is 5.14. The molecule has 96 valence electrons. The maximum absolute atomic E-state index is 12.1. The van der Waals surface area contributed by atoms with E-state index in [1.807, 2.05) is 30.3 Å². The summed E-state index contributed by atoms with van der Waals surface area (Å²) in [5.74, 6) is 0.589. The van der Waals surface area contributed by atoms with Crippen molar-refractivity contribution in [3.63, 3.8) is 0 Å². The van der Waals surface area contributed by atoms with Gasteiger partial charge in [0.05, 0.1) is 0 Å².